The van der Waals surface area contributed by atoms with E-state index < -0.39 is 0 Å². The van der Waals surface area contributed by atoms with E-state index in [-0.39, 0.29) is 11.9 Å². The van der Waals surface area contributed by atoms with E-state index in [1.807, 2.05) is 25.3 Å². The number of nitrogens with one attached hydrogen (secondary N) is 1. The van der Waals surface area contributed by atoms with Crippen LogP contribution in [0.5, 0.6) is 0 Å². The molecule has 0 radical (unpaired) electrons. The van der Waals surface area contributed by atoms with Gasteiger partial charge in [-0.3, -0.25) is 4.79 Å². The molecule has 0 saturated heterocycles. The van der Waals surface area contributed by atoms with Crippen molar-refractivity contribution >= 4 is 38.3 Å². The van der Waals surface area contributed by atoms with Crippen LogP contribution in [-0.4, -0.2) is 16.9 Å². The lowest BCUT2D eigenvalue weighted by atomic mass is 10.1. The summed E-state index contributed by atoms with van der Waals surface area (Å²) in [5.41, 5.74) is 6.86. The third kappa shape index (κ3) is 5.57. The Hall–Kier alpha value is -1.24. The van der Waals surface area contributed by atoms with E-state index in [0.717, 1.165) is 15.8 Å². The smallest absolute Gasteiger partial charge is 0.226 e. The maximum atomic E-state index is 11.7. The second-order valence-electron chi connectivity index (χ2n) is 5.00. The van der Waals surface area contributed by atoms with E-state index in [4.69, 9.17) is 5.73 Å². The average Bonchev–Trinajstić information content (AvgIpc) is 2.86. The molecule has 21 heavy (non-hydrogen) atoms. The zero-order valence-electron chi connectivity index (χ0n) is 11.8. The lowest BCUT2D eigenvalue weighted by Crippen LogP contribution is -2.19. The molecule has 2 rings (SSSR count). The van der Waals surface area contributed by atoms with E-state index >= 15 is 0 Å². The van der Waals surface area contributed by atoms with Gasteiger partial charge in [0.05, 0.1) is 0 Å². The summed E-state index contributed by atoms with van der Waals surface area (Å²) >= 11 is 4.93. The van der Waals surface area contributed by atoms with Crippen LogP contribution in [0.4, 0.5) is 5.13 Å². The van der Waals surface area contributed by atoms with Crippen molar-refractivity contribution in [2.24, 2.45) is 5.73 Å². The lowest BCUT2D eigenvalue weighted by Gasteiger charge is -2.04. The molecular weight excluding hydrogens is 350 g/mol. The maximum Gasteiger partial charge on any atom is 0.226 e. The van der Waals surface area contributed by atoms with Crippen LogP contribution in [0.25, 0.3) is 0 Å². The highest BCUT2D eigenvalue weighted by molar-refractivity contribution is 9.10. The van der Waals surface area contributed by atoms with Gasteiger partial charge in [-0.25, -0.2) is 4.98 Å². The molecule has 4 nitrogen and oxygen atoms in total. The number of anilines is 1. The van der Waals surface area contributed by atoms with Gasteiger partial charge in [-0.2, -0.15) is 0 Å². The normalized spacial score (nSPS) is 12.1. The number of carbonyl (C=O) groups is 1. The first-order valence-electron chi connectivity index (χ1n) is 6.77. The minimum absolute atomic E-state index is 0.0307. The number of aromatic nitrogens is 1. The van der Waals surface area contributed by atoms with Gasteiger partial charge in [-0.1, -0.05) is 28.1 Å². The standard InChI is InChI=1S/C15H18BrN3OS/c1-10(17)2-7-14(20)19-15-18-9-13(21-15)8-11-3-5-12(16)6-4-11/h3-6,9-10H,2,7-8,17H2,1H3,(H,18,19,20). The molecule has 0 aliphatic rings. The number of nitrogens with two attached hydrogens (primary N) is 1. The van der Waals surface area contributed by atoms with Gasteiger partial charge in [-0.15, -0.1) is 11.3 Å². The molecule has 1 atom stereocenters. The highest BCUT2D eigenvalue weighted by Gasteiger charge is 2.08. The van der Waals surface area contributed by atoms with E-state index in [1.165, 1.54) is 16.9 Å². The Morgan fingerprint density at radius 1 is 1.43 bits per heavy atom. The molecule has 1 unspecified atom stereocenters. The van der Waals surface area contributed by atoms with Crippen molar-refractivity contribution in [2.75, 3.05) is 5.32 Å². The van der Waals surface area contributed by atoms with Crippen molar-refractivity contribution in [2.45, 2.75) is 32.2 Å². The Labute approximate surface area is 136 Å². The topological polar surface area (TPSA) is 68.0 Å². The van der Waals surface area contributed by atoms with E-state index in [0.29, 0.717) is 18.0 Å². The number of hydrogen-bond acceptors (Lipinski definition) is 4. The zero-order chi connectivity index (χ0) is 15.2. The van der Waals surface area contributed by atoms with E-state index in [9.17, 15) is 4.79 Å². The SMILES string of the molecule is CC(N)CCC(=O)Nc1ncc(Cc2ccc(Br)cc2)s1. The second-order valence-corrected chi connectivity index (χ2v) is 7.03. The third-order valence-corrected chi connectivity index (χ3v) is 4.36. The quantitative estimate of drug-likeness (QED) is 0.819. The Kier molecular flexibility index (Phi) is 5.90. The summed E-state index contributed by atoms with van der Waals surface area (Å²) in [5.74, 6) is -0.0307. The molecular formula is C15H18BrN3OS. The fourth-order valence-electron chi connectivity index (χ4n) is 1.79. The maximum absolute atomic E-state index is 11.7. The number of halogens is 1. The molecule has 1 aromatic carbocycles. The highest BCUT2D eigenvalue weighted by Crippen LogP contribution is 2.22. The summed E-state index contributed by atoms with van der Waals surface area (Å²) in [7, 11) is 0. The van der Waals surface area contributed by atoms with Crippen molar-refractivity contribution < 1.29 is 4.79 Å². The molecule has 3 N–H and O–H groups in total. The van der Waals surface area contributed by atoms with Crippen LogP contribution in [0.1, 0.15) is 30.2 Å². The highest BCUT2D eigenvalue weighted by atomic mass is 79.9. The van der Waals surface area contributed by atoms with Crippen LogP contribution < -0.4 is 11.1 Å². The van der Waals surface area contributed by atoms with Crippen molar-refractivity contribution in [3.63, 3.8) is 0 Å². The summed E-state index contributed by atoms with van der Waals surface area (Å²) < 4.78 is 1.07. The van der Waals surface area contributed by atoms with Crippen LogP contribution in [-0.2, 0) is 11.2 Å². The van der Waals surface area contributed by atoms with Gasteiger partial charge in [0, 0.05) is 34.4 Å². The first-order chi connectivity index (χ1) is 10.0. The van der Waals surface area contributed by atoms with Crippen molar-refractivity contribution in [3.8, 4) is 0 Å². The minimum Gasteiger partial charge on any atom is -0.328 e. The first kappa shape index (κ1) is 16.1. The van der Waals surface area contributed by atoms with Crippen molar-refractivity contribution in [1.82, 2.24) is 4.98 Å². The molecule has 1 heterocycles. The fraction of sp³-hybridized carbons (Fsp3) is 0.333. The molecule has 0 saturated carbocycles. The Bertz CT molecular complexity index is 595. The molecule has 2 aromatic rings. The fourth-order valence-corrected chi connectivity index (χ4v) is 2.92. The van der Waals surface area contributed by atoms with Gasteiger partial charge in [0.15, 0.2) is 5.13 Å². The molecule has 0 aliphatic carbocycles. The third-order valence-electron chi connectivity index (χ3n) is 2.92. The predicted octanol–water partition coefficient (Wildman–Crippen LogP) is 3.56. The first-order valence-corrected chi connectivity index (χ1v) is 8.38. The summed E-state index contributed by atoms with van der Waals surface area (Å²) in [6.45, 7) is 1.90. The van der Waals surface area contributed by atoms with Gasteiger partial charge in [0.2, 0.25) is 5.91 Å². The summed E-state index contributed by atoms with van der Waals surface area (Å²) in [5, 5.41) is 3.47. The van der Waals surface area contributed by atoms with Gasteiger partial charge < -0.3 is 11.1 Å². The van der Waals surface area contributed by atoms with Crippen LogP contribution in [0, 0.1) is 0 Å². The zero-order valence-corrected chi connectivity index (χ0v) is 14.2. The van der Waals surface area contributed by atoms with Crippen LogP contribution in [0.3, 0.4) is 0 Å². The van der Waals surface area contributed by atoms with Crippen LogP contribution in [0.2, 0.25) is 0 Å². The molecule has 112 valence electrons. The molecule has 0 spiro atoms. The van der Waals surface area contributed by atoms with Gasteiger partial charge in [-0.05, 0) is 31.0 Å². The Balaban J connectivity index is 1.89. The van der Waals surface area contributed by atoms with Crippen molar-refractivity contribution in [1.29, 1.82) is 0 Å². The van der Waals surface area contributed by atoms with Crippen LogP contribution >= 0.6 is 27.3 Å². The molecule has 0 bridgehead atoms. The van der Waals surface area contributed by atoms with Gasteiger partial charge >= 0.3 is 0 Å². The number of rotatable bonds is 6. The van der Waals surface area contributed by atoms with Crippen molar-refractivity contribution in [3.05, 3.63) is 45.4 Å². The second kappa shape index (κ2) is 7.68. The Morgan fingerprint density at radius 3 is 2.81 bits per heavy atom. The number of hydrogen-bond donors (Lipinski definition) is 2. The summed E-state index contributed by atoms with van der Waals surface area (Å²) in [6, 6.07) is 8.23. The van der Waals surface area contributed by atoms with E-state index in [2.05, 4.69) is 38.4 Å². The van der Waals surface area contributed by atoms with E-state index in [1.54, 1.807) is 0 Å². The minimum atomic E-state index is -0.0307. The monoisotopic (exact) mass is 367 g/mol. The average molecular weight is 368 g/mol. The molecule has 0 aliphatic heterocycles. The summed E-state index contributed by atoms with van der Waals surface area (Å²) in [6.07, 6.45) is 3.75. The van der Waals surface area contributed by atoms with Gasteiger partial charge in [0.25, 0.3) is 0 Å². The molecule has 1 amide bonds. The molecule has 6 heteroatoms. The number of benzene rings is 1. The number of thiazole rings is 1. The number of nitrogens with zero attached hydrogens (tertiary/aromatic N) is 1. The Morgan fingerprint density at radius 2 is 2.14 bits per heavy atom. The predicted molar refractivity (Wildman–Crippen MR) is 90.6 cm³/mol. The number of amides is 1. The largest absolute Gasteiger partial charge is 0.328 e. The lowest BCUT2D eigenvalue weighted by molar-refractivity contribution is -0.116. The van der Waals surface area contributed by atoms with Gasteiger partial charge in [0.1, 0.15) is 0 Å². The van der Waals surface area contributed by atoms with Crippen LogP contribution in [0.15, 0.2) is 34.9 Å². The molecule has 1 aromatic heterocycles. The summed E-state index contributed by atoms with van der Waals surface area (Å²) in [4.78, 5) is 17.1. The number of carbonyl (C=O) groups excluding carboxylic acids is 1. The molecule has 0 fully saturated rings.